The number of nitrogens with one attached hydrogen (secondary N) is 1. The number of nitriles is 1. The van der Waals surface area contributed by atoms with E-state index in [9.17, 15) is 4.79 Å². The van der Waals surface area contributed by atoms with E-state index in [0.717, 1.165) is 0 Å². The molecule has 3 N–H and O–H groups in total. The van der Waals surface area contributed by atoms with Gasteiger partial charge in [0.2, 0.25) is 5.91 Å². The van der Waals surface area contributed by atoms with E-state index in [1.54, 1.807) is 0 Å². The Hall–Kier alpha value is -0.790. The molecule has 1 saturated heterocycles. The van der Waals surface area contributed by atoms with Gasteiger partial charge in [0.25, 0.3) is 0 Å². The fourth-order valence-corrected chi connectivity index (χ4v) is 1.05. The number of hydrogen-bond donors (Lipinski definition) is 2. The van der Waals surface area contributed by atoms with E-state index < -0.39 is 11.3 Å². The van der Waals surface area contributed by atoms with Gasteiger partial charge in [-0.25, -0.2) is 0 Å². The van der Waals surface area contributed by atoms with Gasteiger partial charge in [-0.1, -0.05) is 0 Å². The minimum Gasteiger partial charge on any atom is -0.368 e. The first-order valence-corrected chi connectivity index (χ1v) is 3.13. The monoisotopic (exact) mass is 175 g/mol. The molecule has 1 unspecified atom stereocenters. The van der Waals surface area contributed by atoms with Crippen molar-refractivity contribution in [3.05, 3.63) is 0 Å². The van der Waals surface area contributed by atoms with Crippen molar-refractivity contribution in [2.24, 2.45) is 11.1 Å². The van der Waals surface area contributed by atoms with Crippen LogP contribution in [0.25, 0.3) is 0 Å². The molecule has 0 aliphatic carbocycles. The van der Waals surface area contributed by atoms with Crippen molar-refractivity contribution in [1.29, 1.82) is 5.26 Å². The zero-order valence-electron chi connectivity index (χ0n) is 5.96. The molecule has 0 aromatic carbocycles. The first kappa shape index (κ1) is 10.2. The van der Waals surface area contributed by atoms with Gasteiger partial charge in [0.15, 0.2) is 0 Å². The van der Waals surface area contributed by atoms with Gasteiger partial charge in [-0.2, -0.15) is 5.26 Å². The van der Waals surface area contributed by atoms with Crippen molar-refractivity contribution in [2.75, 3.05) is 13.1 Å². The number of nitrogens with two attached hydrogens (primary N) is 1. The quantitative estimate of drug-likeness (QED) is 0.559. The van der Waals surface area contributed by atoms with Gasteiger partial charge >= 0.3 is 0 Å². The number of rotatable bonds is 1. The number of nitrogens with zero attached hydrogens (tertiary/aromatic N) is 1. The van der Waals surface area contributed by atoms with Crippen molar-refractivity contribution < 1.29 is 4.79 Å². The topological polar surface area (TPSA) is 78.9 Å². The Morgan fingerprint density at radius 3 is 2.55 bits per heavy atom. The Kier molecular flexibility index (Phi) is 3.30. The lowest BCUT2D eigenvalue weighted by Gasteiger charge is -2.12. The fourth-order valence-electron chi connectivity index (χ4n) is 1.05. The van der Waals surface area contributed by atoms with E-state index in [0.29, 0.717) is 19.5 Å². The molecule has 0 radical (unpaired) electrons. The summed E-state index contributed by atoms with van der Waals surface area (Å²) in [7, 11) is 0. The third kappa shape index (κ3) is 1.62. The number of carbonyl (C=O) groups excluding carboxylic acids is 1. The lowest BCUT2D eigenvalue weighted by Crippen LogP contribution is -2.37. The molecule has 1 rings (SSSR count). The second kappa shape index (κ2) is 3.56. The van der Waals surface area contributed by atoms with Gasteiger partial charge in [0.05, 0.1) is 6.07 Å². The van der Waals surface area contributed by atoms with Crippen LogP contribution in [0.1, 0.15) is 6.42 Å². The predicted octanol–water partition coefficient (Wildman–Crippen LogP) is -0.603. The average Bonchev–Trinajstić information content (AvgIpc) is 2.35. The van der Waals surface area contributed by atoms with E-state index in [1.807, 2.05) is 6.07 Å². The van der Waals surface area contributed by atoms with Crippen molar-refractivity contribution >= 4 is 18.3 Å². The number of halogens is 1. The molecular formula is C6H10ClN3O. The van der Waals surface area contributed by atoms with Crippen molar-refractivity contribution in [2.45, 2.75) is 6.42 Å². The molecule has 4 nitrogen and oxygen atoms in total. The van der Waals surface area contributed by atoms with Crippen molar-refractivity contribution in [1.82, 2.24) is 5.32 Å². The smallest absolute Gasteiger partial charge is 0.239 e. The van der Waals surface area contributed by atoms with E-state index in [2.05, 4.69) is 5.32 Å². The molecule has 0 bridgehead atoms. The molecule has 1 atom stereocenters. The Bertz CT molecular complexity index is 192. The summed E-state index contributed by atoms with van der Waals surface area (Å²) in [4.78, 5) is 10.7. The summed E-state index contributed by atoms with van der Waals surface area (Å²) >= 11 is 0. The summed E-state index contributed by atoms with van der Waals surface area (Å²) in [6.07, 6.45) is 0.541. The van der Waals surface area contributed by atoms with Crippen LogP contribution in [0, 0.1) is 16.7 Å². The molecule has 0 saturated carbocycles. The van der Waals surface area contributed by atoms with Crippen LogP contribution in [0.5, 0.6) is 0 Å². The number of primary amides is 1. The van der Waals surface area contributed by atoms with Gasteiger partial charge in [-0.05, 0) is 13.0 Å². The second-order valence-corrected chi connectivity index (χ2v) is 2.48. The van der Waals surface area contributed by atoms with E-state index in [-0.39, 0.29) is 12.4 Å². The summed E-state index contributed by atoms with van der Waals surface area (Å²) in [6, 6.07) is 1.94. The van der Waals surface area contributed by atoms with Crippen LogP contribution in [0.3, 0.4) is 0 Å². The Morgan fingerprint density at radius 2 is 2.36 bits per heavy atom. The highest BCUT2D eigenvalue weighted by atomic mass is 35.5. The lowest BCUT2D eigenvalue weighted by atomic mass is 9.88. The molecule has 11 heavy (non-hydrogen) atoms. The van der Waals surface area contributed by atoms with Crippen molar-refractivity contribution in [3.63, 3.8) is 0 Å². The predicted molar refractivity (Wildman–Crippen MR) is 42.0 cm³/mol. The zero-order valence-corrected chi connectivity index (χ0v) is 6.78. The molecule has 0 aromatic rings. The van der Waals surface area contributed by atoms with Gasteiger partial charge in [-0.3, -0.25) is 4.79 Å². The highest BCUT2D eigenvalue weighted by Gasteiger charge is 2.39. The normalized spacial score (nSPS) is 28.6. The zero-order chi connectivity index (χ0) is 7.61. The third-order valence-corrected chi connectivity index (χ3v) is 1.84. The summed E-state index contributed by atoms with van der Waals surface area (Å²) in [5.41, 5.74) is 4.11. The van der Waals surface area contributed by atoms with E-state index >= 15 is 0 Å². The van der Waals surface area contributed by atoms with E-state index in [4.69, 9.17) is 11.0 Å². The molecule has 1 heterocycles. The first-order valence-electron chi connectivity index (χ1n) is 3.13. The molecule has 1 aliphatic heterocycles. The van der Waals surface area contributed by atoms with Gasteiger partial charge in [-0.15, -0.1) is 12.4 Å². The van der Waals surface area contributed by atoms with Crippen LogP contribution < -0.4 is 11.1 Å². The van der Waals surface area contributed by atoms with Crippen LogP contribution in [0.4, 0.5) is 0 Å². The molecule has 5 heteroatoms. The number of carbonyl (C=O) groups is 1. The molecule has 0 spiro atoms. The Labute approximate surface area is 71.2 Å². The van der Waals surface area contributed by atoms with Crippen LogP contribution in [-0.4, -0.2) is 19.0 Å². The van der Waals surface area contributed by atoms with Crippen LogP contribution >= 0.6 is 12.4 Å². The SMILES string of the molecule is Cl.N#CC1(C(N)=O)CCNC1. The summed E-state index contributed by atoms with van der Waals surface area (Å²) in [5, 5.41) is 11.5. The summed E-state index contributed by atoms with van der Waals surface area (Å²) in [5.74, 6) is -0.514. The molecule has 62 valence electrons. The van der Waals surface area contributed by atoms with Crippen molar-refractivity contribution in [3.8, 4) is 6.07 Å². The van der Waals surface area contributed by atoms with E-state index in [1.165, 1.54) is 0 Å². The molecule has 1 fully saturated rings. The highest BCUT2D eigenvalue weighted by molar-refractivity contribution is 5.85. The van der Waals surface area contributed by atoms with Gasteiger partial charge in [0, 0.05) is 6.54 Å². The standard InChI is InChI=1S/C6H9N3O.ClH/c7-3-6(5(8)10)1-2-9-4-6;/h9H,1-2,4H2,(H2,8,10);1H. The second-order valence-electron chi connectivity index (χ2n) is 2.48. The van der Waals surface area contributed by atoms with Gasteiger partial charge < -0.3 is 11.1 Å². The average molecular weight is 176 g/mol. The summed E-state index contributed by atoms with van der Waals surface area (Å²) in [6.45, 7) is 1.11. The maximum atomic E-state index is 10.7. The molecule has 1 aliphatic rings. The molecular weight excluding hydrogens is 166 g/mol. The largest absolute Gasteiger partial charge is 0.368 e. The molecule has 1 amide bonds. The Balaban J connectivity index is 0.000001000. The minimum absolute atomic E-state index is 0. The van der Waals surface area contributed by atoms with Crippen LogP contribution in [-0.2, 0) is 4.79 Å². The third-order valence-electron chi connectivity index (χ3n) is 1.84. The minimum atomic E-state index is -0.931. The first-order chi connectivity index (χ1) is 4.71. The highest BCUT2D eigenvalue weighted by Crippen LogP contribution is 2.22. The van der Waals surface area contributed by atoms with Gasteiger partial charge in [0.1, 0.15) is 5.41 Å². The lowest BCUT2D eigenvalue weighted by molar-refractivity contribution is -0.124. The Morgan fingerprint density at radius 1 is 1.73 bits per heavy atom. The maximum Gasteiger partial charge on any atom is 0.239 e. The summed E-state index contributed by atoms with van der Waals surface area (Å²) < 4.78 is 0. The number of hydrogen-bond acceptors (Lipinski definition) is 3. The maximum absolute atomic E-state index is 10.7. The fraction of sp³-hybridized carbons (Fsp3) is 0.667. The molecule has 0 aromatic heterocycles. The van der Waals surface area contributed by atoms with Crippen LogP contribution in [0.2, 0.25) is 0 Å². The number of amides is 1. The van der Waals surface area contributed by atoms with Crippen LogP contribution in [0.15, 0.2) is 0 Å².